The third-order valence-electron chi connectivity index (χ3n) is 2.28. The molecule has 0 saturated heterocycles. The summed E-state index contributed by atoms with van der Waals surface area (Å²) >= 11 is 0. The van der Waals surface area contributed by atoms with E-state index in [-0.39, 0.29) is 12.1 Å². The van der Waals surface area contributed by atoms with Crippen molar-refractivity contribution in [1.82, 2.24) is 0 Å². The molecule has 0 N–H and O–H groups in total. The molecule has 1 aromatic rings. The molecule has 0 spiro atoms. The Hall–Kier alpha value is -1.38. The fourth-order valence-electron chi connectivity index (χ4n) is 1.64. The van der Waals surface area contributed by atoms with Gasteiger partial charge in [0.1, 0.15) is 12.7 Å². The lowest BCUT2D eigenvalue weighted by atomic mass is 10.0. The monoisotopic (exact) mass is 193 g/mol. The first kappa shape index (κ1) is 9.19. The number of alkyl halides is 1. The quantitative estimate of drug-likeness (QED) is 0.707. The molecule has 2 atom stereocenters. The van der Waals surface area contributed by atoms with Crippen LogP contribution in [0.1, 0.15) is 18.6 Å². The summed E-state index contributed by atoms with van der Waals surface area (Å²) in [6.45, 7) is 1.28. The molecule has 14 heavy (non-hydrogen) atoms. The number of hydrogen-bond acceptors (Lipinski definition) is 2. The second-order valence-electron chi connectivity index (χ2n) is 3.32. The molecular weight excluding hydrogens is 181 g/mol. The number of rotatable bonds is 2. The Balaban J connectivity index is 2.21. The van der Waals surface area contributed by atoms with Gasteiger partial charge in [-0.05, 0) is 5.56 Å². The predicted molar refractivity (Wildman–Crippen MR) is 53.1 cm³/mol. The van der Waals surface area contributed by atoms with Crippen molar-refractivity contribution in [2.75, 3.05) is 6.67 Å². The van der Waals surface area contributed by atoms with Crippen LogP contribution in [0.3, 0.4) is 0 Å². The molecule has 0 aliphatic carbocycles. The minimum absolute atomic E-state index is 0.249. The highest BCUT2D eigenvalue weighted by atomic mass is 19.1. The summed E-state index contributed by atoms with van der Waals surface area (Å²) in [7, 11) is 0. The lowest BCUT2D eigenvalue weighted by molar-refractivity contribution is 0.179. The summed E-state index contributed by atoms with van der Waals surface area (Å²) < 4.78 is 18.1. The Bertz CT molecular complexity index is 336. The number of aliphatic imine (C=N–C) groups is 1. The number of hydrogen-bond donors (Lipinski definition) is 0. The van der Waals surface area contributed by atoms with E-state index in [1.807, 2.05) is 30.3 Å². The van der Waals surface area contributed by atoms with Crippen LogP contribution in [0.4, 0.5) is 4.39 Å². The van der Waals surface area contributed by atoms with Gasteiger partial charge in [-0.2, -0.15) is 0 Å². The van der Waals surface area contributed by atoms with E-state index >= 15 is 0 Å². The molecule has 0 bridgehead atoms. The van der Waals surface area contributed by atoms with Crippen LogP contribution in [-0.2, 0) is 4.74 Å². The topological polar surface area (TPSA) is 21.6 Å². The summed E-state index contributed by atoms with van der Waals surface area (Å²) in [5.41, 5.74) is 0.982. The zero-order valence-electron chi connectivity index (χ0n) is 7.98. The highest BCUT2D eigenvalue weighted by Gasteiger charge is 2.30. The molecule has 2 rings (SSSR count). The van der Waals surface area contributed by atoms with Gasteiger partial charge in [-0.3, -0.25) is 0 Å². The van der Waals surface area contributed by atoms with Crippen molar-refractivity contribution < 1.29 is 9.13 Å². The minimum atomic E-state index is -0.475. The van der Waals surface area contributed by atoms with E-state index in [2.05, 4.69) is 4.99 Å². The minimum Gasteiger partial charge on any atom is -0.471 e. The van der Waals surface area contributed by atoms with Gasteiger partial charge in [0.25, 0.3) is 0 Å². The maximum atomic E-state index is 12.6. The van der Waals surface area contributed by atoms with Crippen molar-refractivity contribution in [2.24, 2.45) is 4.99 Å². The smallest absolute Gasteiger partial charge is 0.181 e. The Kier molecular flexibility index (Phi) is 2.48. The molecule has 1 aromatic carbocycles. The maximum Gasteiger partial charge on any atom is 0.181 e. The molecule has 3 heteroatoms. The molecule has 0 saturated carbocycles. The number of halogens is 1. The van der Waals surface area contributed by atoms with Gasteiger partial charge in [-0.1, -0.05) is 30.3 Å². The van der Waals surface area contributed by atoms with Gasteiger partial charge in [0, 0.05) is 6.92 Å². The second kappa shape index (κ2) is 3.78. The average molecular weight is 193 g/mol. The van der Waals surface area contributed by atoms with E-state index in [0.717, 1.165) is 5.56 Å². The molecule has 0 radical (unpaired) electrons. The zero-order valence-corrected chi connectivity index (χ0v) is 7.98. The standard InChI is InChI=1S/C11H12FNO/c1-8-13-10(7-12)11(14-8)9-5-3-2-4-6-9/h2-6,10-11H,7H2,1H3/t10-,11-/m0/s1. The molecule has 0 amide bonds. The molecule has 0 unspecified atom stereocenters. The molecule has 0 fully saturated rings. The Morgan fingerprint density at radius 2 is 2.07 bits per heavy atom. The largest absolute Gasteiger partial charge is 0.471 e. The van der Waals surface area contributed by atoms with Crippen molar-refractivity contribution in [3.8, 4) is 0 Å². The van der Waals surface area contributed by atoms with Crippen molar-refractivity contribution in [3.63, 3.8) is 0 Å². The molecule has 74 valence electrons. The van der Waals surface area contributed by atoms with Crippen LogP contribution >= 0.6 is 0 Å². The van der Waals surface area contributed by atoms with Gasteiger partial charge >= 0.3 is 0 Å². The highest BCUT2D eigenvalue weighted by molar-refractivity contribution is 5.75. The van der Waals surface area contributed by atoms with Gasteiger partial charge in [0.05, 0.1) is 0 Å². The normalized spacial score (nSPS) is 25.7. The van der Waals surface area contributed by atoms with Crippen LogP contribution in [0.15, 0.2) is 35.3 Å². The van der Waals surface area contributed by atoms with Gasteiger partial charge in [-0.15, -0.1) is 0 Å². The van der Waals surface area contributed by atoms with E-state index in [1.165, 1.54) is 0 Å². The van der Waals surface area contributed by atoms with Crippen molar-refractivity contribution in [2.45, 2.75) is 19.1 Å². The van der Waals surface area contributed by atoms with E-state index in [9.17, 15) is 4.39 Å². The summed E-state index contributed by atoms with van der Waals surface area (Å²) in [5, 5.41) is 0. The molecule has 1 aliphatic rings. The van der Waals surface area contributed by atoms with Crippen molar-refractivity contribution in [1.29, 1.82) is 0 Å². The fourth-order valence-corrected chi connectivity index (χ4v) is 1.64. The first-order valence-corrected chi connectivity index (χ1v) is 4.63. The molecule has 1 aliphatic heterocycles. The van der Waals surface area contributed by atoms with E-state index < -0.39 is 6.67 Å². The molecule has 0 aromatic heterocycles. The second-order valence-corrected chi connectivity index (χ2v) is 3.32. The van der Waals surface area contributed by atoms with Crippen LogP contribution in [0.2, 0.25) is 0 Å². The first-order chi connectivity index (χ1) is 6.81. The van der Waals surface area contributed by atoms with Crippen molar-refractivity contribution in [3.05, 3.63) is 35.9 Å². The maximum absolute atomic E-state index is 12.6. The number of nitrogens with zero attached hydrogens (tertiary/aromatic N) is 1. The van der Waals surface area contributed by atoms with Crippen LogP contribution in [0.5, 0.6) is 0 Å². The van der Waals surface area contributed by atoms with E-state index in [1.54, 1.807) is 6.92 Å². The predicted octanol–water partition coefficient (Wildman–Crippen LogP) is 2.51. The third kappa shape index (κ3) is 1.62. The fraction of sp³-hybridized carbons (Fsp3) is 0.364. The molecule has 1 heterocycles. The average Bonchev–Trinajstić information content (AvgIpc) is 2.61. The van der Waals surface area contributed by atoms with E-state index in [0.29, 0.717) is 5.90 Å². The Morgan fingerprint density at radius 3 is 2.71 bits per heavy atom. The third-order valence-corrected chi connectivity index (χ3v) is 2.28. The molecular formula is C11H12FNO. The summed E-state index contributed by atoms with van der Waals surface area (Å²) in [5.74, 6) is 0.571. The summed E-state index contributed by atoms with van der Waals surface area (Å²) in [4.78, 5) is 4.08. The highest BCUT2D eigenvalue weighted by Crippen LogP contribution is 2.28. The summed E-state index contributed by atoms with van der Waals surface area (Å²) in [6.07, 6.45) is -0.249. The molecule has 2 nitrogen and oxygen atoms in total. The number of benzene rings is 1. The van der Waals surface area contributed by atoms with Crippen LogP contribution < -0.4 is 0 Å². The van der Waals surface area contributed by atoms with Crippen LogP contribution in [-0.4, -0.2) is 18.6 Å². The van der Waals surface area contributed by atoms with E-state index in [4.69, 9.17) is 4.74 Å². The van der Waals surface area contributed by atoms with Crippen molar-refractivity contribution >= 4 is 5.90 Å². The zero-order chi connectivity index (χ0) is 9.97. The summed E-state index contributed by atoms with van der Waals surface area (Å²) in [6, 6.07) is 9.25. The Morgan fingerprint density at radius 1 is 1.36 bits per heavy atom. The van der Waals surface area contributed by atoms with Crippen LogP contribution in [0, 0.1) is 0 Å². The Labute approximate surface area is 82.4 Å². The van der Waals surface area contributed by atoms with Gasteiger partial charge in [-0.25, -0.2) is 9.38 Å². The van der Waals surface area contributed by atoms with Gasteiger partial charge < -0.3 is 4.74 Å². The SMILES string of the molecule is CC1=N[C@@H](CF)[C@H](c2ccccc2)O1. The lowest BCUT2D eigenvalue weighted by Crippen LogP contribution is -2.15. The van der Waals surface area contributed by atoms with Gasteiger partial charge in [0.15, 0.2) is 12.0 Å². The number of ether oxygens (including phenoxy) is 1. The van der Waals surface area contributed by atoms with Crippen LogP contribution in [0.25, 0.3) is 0 Å². The lowest BCUT2D eigenvalue weighted by Gasteiger charge is -2.15. The van der Waals surface area contributed by atoms with Gasteiger partial charge in [0.2, 0.25) is 0 Å². The first-order valence-electron chi connectivity index (χ1n) is 4.63.